The van der Waals surface area contributed by atoms with E-state index < -0.39 is 5.97 Å². The van der Waals surface area contributed by atoms with Gasteiger partial charge in [0.2, 0.25) is 0 Å². The van der Waals surface area contributed by atoms with Crippen LogP contribution in [0.2, 0.25) is 0 Å². The van der Waals surface area contributed by atoms with Gasteiger partial charge in [-0.1, -0.05) is 33.1 Å². The third-order valence-electron chi connectivity index (χ3n) is 3.83. The van der Waals surface area contributed by atoms with E-state index in [9.17, 15) is 9.59 Å². The number of nitrogens with zero attached hydrogens (tertiary/aromatic N) is 1. The number of hydrogen-bond acceptors (Lipinski definition) is 2. The predicted molar refractivity (Wildman–Crippen MR) is 74.1 cm³/mol. The van der Waals surface area contributed by atoms with E-state index in [4.69, 9.17) is 5.11 Å². The van der Waals surface area contributed by atoms with Crippen LogP contribution in [0, 0.1) is 5.41 Å². The van der Waals surface area contributed by atoms with Crippen molar-refractivity contribution in [3.63, 3.8) is 0 Å². The molecule has 5 nitrogen and oxygen atoms in total. The Balaban J connectivity index is 2.44. The Morgan fingerprint density at radius 3 is 2.42 bits per heavy atom. The Labute approximate surface area is 115 Å². The van der Waals surface area contributed by atoms with Gasteiger partial charge >= 0.3 is 12.0 Å². The molecule has 0 unspecified atom stereocenters. The Morgan fingerprint density at radius 1 is 1.26 bits per heavy atom. The molecule has 0 aromatic rings. The SMILES string of the molecule is CCCN(CC(=O)O)C(=O)NCC1(C)CCCCC1. The average Bonchev–Trinajstić information content (AvgIpc) is 2.36. The molecule has 2 N–H and O–H groups in total. The third-order valence-corrected chi connectivity index (χ3v) is 3.83. The summed E-state index contributed by atoms with van der Waals surface area (Å²) in [6, 6.07) is -0.254. The highest BCUT2D eigenvalue weighted by atomic mass is 16.4. The van der Waals surface area contributed by atoms with E-state index in [1.807, 2.05) is 6.92 Å². The molecular weight excluding hydrogens is 244 g/mol. The van der Waals surface area contributed by atoms with Gasteiger partial charge < -0.3 is 15.3 Å². The zero-order valence-electron chi connectivity index (χ0n) is 12.1. The van der Waals surface area contributed by atoms with E-state index in [0.717, 1.165) is 19.3 Å². The molecule has 5 heteroatoms. The molecule has 1 aliphatic rings. The van der Waals surface area contributed by atoms with Crippen molar-refractivity contribution in [3.05, 3.63) is 0 Å². The molecule has 0 saturated heterocycles. The minimum absolute atomic E-state index is 0.176. The Kier molecular flexibility index (Phi) is 6.12. The summed E-state index contributed by atoms with van der Waals surface area (Å²) in [6.07, 6.45) is 6.77. The van der Waals surface area contributed by atoms with Gasteiger partial charge in [-0.05, 0) is 24.7 Å². The van der Waals surface area contributed by atoms with E-state index in [2.05, 4.69) is 12.2 Å². The first kappa shape index (κ1) is 15.8. The fourth-order valence-electron chi connectivity index (χ4n) is 2.67. The lowest BCUT2D eigenvalue weighted by molar-refractivity contribution is -0.137. The number of carbonyl (C=O) groups excluding carboxylic acids is 1. The van der Waals surface area contributed by atoms with Crippen molar-refractivity contribution < 1.29 is 14.7 Å². The Bertz CT molecular complexity index is 312. The molecule has 0 aliphatic heterocycles. The molecule has 1 aliphatic carbocycles. The van der Waals surface area contributed by atoms with Gasteiger partial charge in [0.15, 0.2) is 0 Å². The smallest absolute Gasteiger partial charge is 0.323 e. The summed E-state index contributed by atoms with van der Waals surface area (Å²) in [5.41, 5.74) is 0.176. The number of rotatable bonds is 6. The second-order valence-electron chi connectivity index (χ2n) is 5.85. The van der Waals surface area contributed by atoms with Gasteiger partial charge in [0, 0.05) is 13.1 Å². The molecule has 0 bridgehead atoms. The summed E-state index contributed by atoms with van der Waals surface area (Å²) in [6.45, 7) is 5.04. The lowest BCUT2D eigenvalue weighted by Crippen LogP contribution is -2.46. The summed E-state index contributed by atoms with van der Waals surface area (Å²) < 4.78 is 0. The molecule has 1 fully saturated rings. The zero-order valence-corrected chi connectivity index (χ0v) is 12.1. The van der Waals surface area contributed by atoms with Gasteiger partial charge in [0.25, 0.3) is 0 Å². The highest BCUT2D eigenvalue weighted by Crippen LogP contribution is 2.34. The maximum Gasteiger partial charge on any atom is 0.323 e. The van der Waals surface area contributed by atoms with Gasteiger partial charge in [0.05, 0.1) is 0 Å². The quantitative estimate of drug-likeness (QED) is 0.779. The van der Waals surface area contributed by atoms with Gasteiger partial charge in [-0.2, -0.15) is 0 Å². The Hall–Kier alpha value is -1.26. The average molecular weight is 270 g/mol. The van der Waals surface area contributed by atoms with Crippen LogP contribution in [-0.4, -0.2) is 41.6 Å². The first-order valence-electron chi connectivity index (χ1n) is 7.21. The first-order valence-corrected chi connectivity index (χ1v) is 7.21. The van der Waals surface area contributed by atoms with E-state index in [0.29, 0.717) is 13.1 Å². The molecule has 0 radical (unpaired) electrons. The van der Waals surface area contributed by atoms with E-state index in [-0.39, 0.29) is 18.0 Å². The van der Waals surface area contributed by atoms with Crippen LogP contribution in [0.5, 0.6) is 0 Å². The molecule has 0 aromatic heterocycles. The number of amides is 2. The van der Waals surface area contributed by atoms with Crippen LogP contribution in [0.15, 0.2) is 0 Å². The molecular formula is C14H26N2O3. The van der Waals surface area contributed by atoms with Crippen molar-refractivity contribution in [1.29, 1.82) is 0 Å². The monoisotopic (exact) mass is 270 g/mol. The van der Waals surface area contributed by atoms with Crippen LogP contribution < -0.4 is 5.32 Å². The molecule has 0 aromatic carbocycles. The Morgan fingerprint density at radius 2 is 1.89 bits per heavy atom. The van der Waals surface area contributed by atoms with Crippen molar-refractivity contribution in [3.8, 4) is 0 Å². The number of hydrogen-bond donors (Lipinski definition) is 2. The minimum atomic E-state index is -0.965. The highest BCUT2D eigenvalue weighted by Gasteiger charge is 2.28. The minimum Gasteiger partial charge on any atom is -0.480 e. The molecule has 1 saturated carbocycles. The van der Waals surface area contributed by atoms with Gasteiger partial charge in [-0.15, -0.1) is 0 Å². The lowest BCUT2D eigenvalue weighted by Gasteiger charge is -2.34. The summed E-state index contributed by atoms with van der Waals surface area (Å²) in [5, 5.41) is 11.7. The van der Waals surface area contributed by atoms with Crippen molar-refractivity contribution >= 4 is 12.0 Å². The fraction of sp³-hybridized carbons (Fsp3) is 0.857. The standard InChI is InChI=1S/C14H26N2O3/c1-3-9-16(10-12(17)18)13(19)15-11-14(2)7-5-4-6-8-14/h3-11H2,1-2H3,(H,15,19)(H,17,18). The maximum atomic E-state index is 12.0. The summed E-state index contributed by atoms with van der Waals surface area (Å²) in [5.74, 6) is -0.965. The predicted octanol–water partition coefficient (Wildman–Crippen LogP) is 2.46. The van der Waals surface area contributed by atoms with Crippen LogP contribution in [0.1, 0.15) is 52.4 Å². The molecule has 2 amide bonds. The van der Waals surface area contributed by atoms with Crippen molar-refractivity contribution in [2.45, 2.75) is 52.4 Å². The number of urea groups is 1. The second kappa shape index (κ2) is 7.36. The number of carboxylic acids is 1. The molecule has 0 heterocycles. The molecule has 1 rings (SSSR count). The number of carboxylic acid groups (broad SMARTS) is 1. The largest absolute Gasteiger partial charge is 0.480 e. The topological polar surface area (TPSA) is 69.6 Å². The molecule has 19 heavy (non-hydrogen) atoms. The van der Waals surface area contributed by atoms with Crippen molar-refractivity contribution in [2.75, 3.05) is 19.6 Å². The maximum absolute atomic E-state index is 12.0. The van der Waals surface area contributed by atoms with Crippen LogP contribution in [0.25, 0.3) is 0 Å². The zero-order chi connectivity index (χ0) is 14.3. The third kappa shape index (κ3) is 5.49. The van der Waals surface area contributed by atoms with Crippen LogP contribution in [0.3, 0.4) is 0 Å². The van der Waals surface area contributed by atoms with E-state index in [1.54, 1.807) is 0 Å². The van der Waals surface area contributed by atoms with E-state index >= 15 is 0 Å². The molecule has 0 spiro atoms. The normalized spacial score (nSPS) is 17.8. The fourth-order valence-corrected chi connectivity index (χ4v) is 2.67. The summed E-state index contributed by atoms with van der Waals surface area (Å²) in [7, 11) is 0. The van der Waals surface area contributed by atoms with Crippen molar-refractivity contribution in [1.82, 2.24) is 10.2 Å². The highest BCUT2D eigenvalue weighted by molar-refractivity contribution is 5.80. The van der Waals surface area contributed by atoms with Gasteiger partial charge in [-0.3, -0.25) is 4.79 Å². The van der Waals surface area contributed by atoms with Crippen molar-refractivity contribution in [2.24, 2.45) is 5.41 Å². The molecule has 110 valence electrons. The van der Waals surface area contributed by atoms with E-state index in [1.165, 1.54) is 24.2 Å². The number of aliphatic carboxylic acids is 1. The van der Waals surface area contributed by atoms with Gasteiger partial charge in [0.1, 0.15) is 6.54 Å². The second-order valence-corrected chi connectivity index (χ2v) is 5.85. The summed E-state index contributed by atoms with van der Waals surface area (Å²) in [4.78, 5) is 24.1. The number of nitrogens with one attached hydrogen (secondary N) is 1. The molecule has 0 atom stereocenters. The van der Waals surface area contributed by atoms with Gasteiger partial charge in [-0.25, -0.2) is 4.79 Å². The lowest BCUT2D eigenvalue weighted by atomic mass is 9.76. The van der Waals surface area contributed by atoms with Crippen LogP contribution in [0.4, 0.5) is 4.79 Å². The van der Waals surface area contributed by atoms with Crippen LogP contribution >= 0.6 is 0 Å². The first-order chi connectivity index (χ1) is 8.97. The summed E-state index contributed by atoms with van der Waals surface area (Å²) >= 11 is 0. The van der Waals surface area contributed by atoms with Crippen LogP contribution in [-0.2, 0) is 4.79 Å². The number of carbonyl (C=O) groups is 2.